The second kappa shape index (κ2) is 9.71. The smallest absolute Gasteiger partial charge is 0.0811 e. The Morgan fingerprint density at radius 3 is 2.57 bits per heavy atom. The summed E-state index contributed by atoms with van der Waals surface area (Å²) < 4.78 is 0. The molecule has 3 N–H and O–H groups in total. The molecule has 3 heteroatoms. The van der Waals surface area contributed by atoms with Crippen LogP contribution in [-0.2, 0) is 0 Å². The van der Waals surface area contributed by atoms with Crippen molar-refractivity contribution >= 4 is 0 Å². The Hall–Kier alpha value is -0.900. The summed E-state index contributed by atoms with van der Waals surface area (Å²) in [6.45, 7) is 13.2. The highest BCUT2D eigenvalue weighted by Crippen LogP contribution is 2.60. The molecule has 0 bridgehead atoms. The SMILES string of the molecule is C=C1/C(=C\C=C2\CCC[C@@]3(C)[C@H]2CC[C@H]3[C@@H](C)CC[C@H](O)C(C)C)C[C@@H](O)C[C@@H]1O. The predicted molar refractivity (Wildman–Crippen MR) is 124 cm³/mol. The van der Waals surface area contributed by atoms with Gasteiger partial charge >= 0.3 is 0 Å². The van der Waals surface area contributed by atoms with Gasteiger partial charge in [-0.2, -0.15) is 0 Å². The summed E-state index contributed by atoms with van der Waals surface area (Å²) in [5.41, 5.74) is 3.69. The fraction of sp³-hybridized carbons (Fsp3) is 0.778. The molecule has 0 spiro atoms. The van der Waals surface area contributed by atoms with Crippen LogP contribution in [0.2, 0.25) is 0 Å². The molecule has 0 saturated heterocycles. The molecule has 3 fully saturated rings. The van der Waals surface area contributed by atoms with Crippen molar-refractivity contribution in [3.05, 3.63) is 35.5 Å². The van der Waals surface area contributed by atoms with Gasteiger partial charge < -0.3 is 15.3 Å². The Labute approximate surface area is 184 Å². The molecule has 0 radical (unpaired) electrons. The Balaban J connectivity index is 1.72. The molecule has 3 aliphatic carbocycles. The van der Waals surface area contributed by atoms with Crippen LogP contribution in [0.1, 0.15) is 85.5 Å². The van der Waals surface area contributed by atoms with E-state index in [-0.39, 0.29) is 6.10 Å². The maximum atomic E-state index is 10.3. The third-order valence-corrected chi connectivity index (χ3v) is 8.68. The average Bonchev–Trinajstić information content (AvgIpc) is 3.04. The monoisotopic (exact) mass is 416 g/mol. The number of hydrogen-bond acceptors (Lipinski definition) is 3. The van der Waals surface area contributed by atoms with E-state index in [1.54, 1.807) is 5.57 Å². The van der Waals surface area contributed by atoms with Crippen LogP contribution >= 0.6 is 0 Å². The molecule has 0 aromatic rings. The molecule has 0 unspecified atom stereocenters. The molecule has 7 atom stereocenters. The topological polar surface area (TPSA) is 60.7 Å². The highest BCUT2D eigenvalue weighted by atomic mass is 16.3. The molecule has 0 aliphatic heterocycles. The van der Waals surface area contributed by atoms with Gasteiger partial charge in [-0.25, -0.2) is 0 Å². The summed E-state index contributed by atoms with van der Waals surface area (Å²) >= 11 is 0. The highest BCUT2D eigenvalue weighted by molar-refractivity contribution is 5.38. The molecule has 3 saturated carbocycles. The lowest BCUT2D eigenvalue weighted by Crippen LogP contribution is -2.36. The van der Waals surface area contributed by atoms with Crippen molar-refractivity contribution in [3.8, 4) is 0 Å². The molecule has 3 nitrogen and oxygen atoms in total. The Morgan fingerprint density at radius 2 is 1.87 bits per heavy atom. The third kappa shape index (κ3) is 4.95. The summed E-state index contributed by atoms with van der Waals surface area (Å²) in [6.07, 6.45) is 12.4. The zero-order valence-corrected chi connectivity index (χ0v) is 19.6. The van der Waals surface area contributed by atoms with Gasteiger partial charge in [-0.05, 0) is 91.6 Å². The normalized spacial score (nSPS) is 39.5. The van der Waals surface area contributed by atoms with Gasteiger partial charge in [-0.1, -0.05) is 52.0 Å². The molecule has 30 heavy (non-hydrogen) atoms. The van der Waals surface area contributed by atoms with Gasteiger partial charge in [0, 0.05) is 6.42 Å². The van der Waals surface area contributed by atoms with Gasteiger partial charge in [0.05, 0.1) is 18.3 Å². The lowest BCUT2D eigenvalue weighted by molar-refractivity contribution is 0.0717. The van der Waals surface area contributed by atoms with Gasteiger partial charge in [-0.15, -0.1) is 0 Å². The molecule has 3 aliphatic rings. The van der Waals surface area contributed by atoms with Crippen LogP contribution in [0.25, 0.3) is 0 Å². The molecule has 0 aromatic heterocycles. The van der Waals surface area contributed by atoms with Crippen molar-refractivity contribution in [2.45, 2.75) is 104 Å². The van der Waals surface area contributed by atoms with Crippen molar-refractivity contribution in [2.24, 2.45) is 29.1 Å². The van der Waals surface area contributed by atoms with E-state index in [0.717, 1.165) is 36.3 Å². The van der Waals surface area contributed by atoms with Crippen LogP contribution in [0.5, 0.6) is 0 Å². The minimum absolute atomic E-state index is 0.180. The van der Waals surface area contributed by atoms with Crippen molar-refractivity contribution in [1.29, 1.82) is 0 Å². The number of aliphatic hydroxyl groups is 3. The second-order valence-corrected chi connectivity index (χ2v) is 11.0. The lowest BCUT2D eigenvalue weighted by Gasteiger charge is -2.44. The fourth-order valence-electron chi connectivity index (χ4n) is 6.65. The number of fused-ring (bicyclic) bond motifs is 1. The van der Waals surface area contributed by atoms with E-state index >= 15 is 0 Å². The standard InChI is InChI=1S/C27H44O3/c1-17(2)25(29)13-8-18(3)23-11-12-24-20(7-6-14-27(23,24)5)9-10-21-15-22(28)16-26(30)19(21)4/h9-10,17-18,22-26,28-30H,4,6-8,11-16H2,1-3,5H3/b20-9-,21-10-/t18-,22+,23-,24-,25-,26-,27+/m0/s1. The Morgan fingerprint density at radius 1 is 1.13 bits per heavy atom. The first-order valence-electron chi connectivity index (χ1n) is 12.3. The van der Waals surface area contributed by atoms with E-state index in [2.05, 4.69) is 46.4 Å². The summed E-state index contributed by atoms with van der Waals surface area (Å²) in [6, 6.07) is 0. The number of rotatable bonds is 6. The van der Waals surface area contributed by atoms with Crippen LogP contribution in [-0.4, -0.2) is 33.6 Å². The minimum atomic E-state index is -0.618. The van der Waals surface area contributed by atoms with Crippen LogP contribution in [0, 0.1) is 29.1 Å². The average molecular weight is 417 g/mol. The van der Waals surface area contributed by atoms with Gasteiger partial charge in [0.25, 0.3) is 0 Å². The predicted octanol–water partition coefficient (Wildman–Crippen LogP) is 5.56. The molecular formula is C27H44O3. The summed E-state index contributed by atoms with van der Waals surface area (Å²) in [5.74, 6) is 2.35. The molecule has 170 valence electrons. The van der Waals surface area contributed by atoms with E-state index in [4.69, 9.17) is 0 Å². The van der Waals surface area contributed by atoms with E-state index in [1.165, 1.54) is 25.7 Å². The van der Waals surface area contributed by atoms with Crippen LogP contribution < -0.4 is 0 Å². The van der Waals surface area contributed by atoms with Crippen LogP contribution in [0.15, 0.2) is 35.5 Å². The maximum absolute atomic E-state index is 10.3. The lowest BCUT2D eigenvalue weighted by atomic mass is 9.60. The number of aliphatic hydroxyl groups excluding tert-OH is 3. The third-order valence-electron chi connectivity index (χ3n) is 8.68. The van der Waals surface area contributed by atoms with E-state index in [1.807, 2.05) is 0 Å². The Bertz CT molecular complexity index is 676. The first-order chi connectivity index (χ1) is 14.1. The molecule has 0 heterocycles. The van der Waals surface area contributed by atoms with Crippen molar-refractivity contribution in [3.63, 3.8) is 0 Å². The highest BCUT2D eigenvalue weighted by Gasteiger charge is 2.50. The van der Waals surface area contributed by atoms with Crippen molar-refractivity contribution in [2.75, 3.05) is 0 Å². The van der Waals surface area contributed by atoms with E-state index < -0.39 is 12.2 Å². The first kappa shape index (κ1) is 23.8. The quantitative estimate of drug-likeness (QED) is 0.531. The summed E-state index contributed by atoms with van der Waals surface area (Å²) in [7, 11) is 0. The fourth-order valence-corrected chi connectivity index (χ4v) is 6.65. The van der Waals surface area contributed by atoms with E-state index in [9.17, 15) is 15.3 Å². The summed E-state index contributed by atoms with van der Waals surface area (Å²) in [4.78, 5) is 0. The van der Waals surface area contributed by atoms with Crippen molar-refractivity contribution in [1.82, 2.24) is 0 Å². The van der Waals surface area contributed by atoms with Crippen molar-refractivity contribution < 1.29 is 15.3 Å². The largest absolute Gasteiger partial charge is 0.393 e. The molecule has 0 aromatic carbocycles. The zero-order chi connectivity index (χ0) is 22.1. The minimum Gasteiger partial charge on any atom is -0.393 e. The molecule has 0 amide bonds. The maximum Gasteiger partial charge on any atom is 0.0811 e. The van der Waals surface area contributed by atoms with Gasteiger partial charge in [-0.3, -0.25) is 0 Å². The zero-order valence-electron chi connectivity index (χ0n) is 19.6. The first-order valence-corrected chi connectivity index (χ1v) is 12.3. The summed E-state index contributed by atoms with van der Waals surface area (Å²) in [5, 5.41) is 30.4. The van der Waals surface area contributed by atoms with Crippen LogP contribution in [0.3, 0.4) is 0 Å². The van der Waals surface area contributed by atoms with Gasteiger partial charge in [0.1, 0.15) is 0 Å². The number of hydrogen-bond donors (Lipinski definition) is 3. The molecular weight excluding hydrogens is 372 g/mol. The Kier molecular flexibility index (Phi) is 7.69. The van der Waals surface area contributed by atoms with Crippen LogP contribution in [0.4, 0.5) is 0 Å². The number of allylic oxidation sites excluding steroid dienone is 3. The van der Waals surface area contributed by atoms with E-state index in [0.29, 0.717) is 36.0 Å². The van der Waals surface area contributed by atoms with Gasteiger partial charge in [0.2, 0.25) is 0 Å². The van der Waals surface area contributed by atoms with Gasteiger partial charge in [0.15, 0.2) is 0 Å². The molecule has 3 rings (SSSR count). The second-order valence-electron chi connectivity index (χ2n) is 11.0.